The molecule has 0 spiro atoms. The van der Waals surface area contributed by atoms with Crippen LogP contribution in [0.4, 0.5) is 5.13 Å². The number of carbonyl (C=O) groups is 1. The molecule has 1 aromatic carbocycles. The van der Waals surface area contributed by atoms with Gasteiger partial charge in [0.25, 0.3) is 0 Å². The van der Waals surface area contributed by atoms with Crippen LogP contribution in [-0.2, 0) is 30.7 Å². The number of hydrogen-bond donors (Lipinski definition) is 1. The van der Waals surface area contributed by atoms with Crippen LogP contribution in [0.5, 0.6) is 0 Å². The smallest absolute Gasteiger partial charge is 0.232 e. The molecule has 0 atom stereocenters. The first-order valence-corrected chi connectivity index (χ1v) is 12.4. The summed E-state index contributed by atoms with van der Waals surface area (Å²) in [5.74, 6) is -0.0654. The quantitative estimate of drug-likeness (QED) is 0.444. The number of hydrogen-bond acceptors (Lipinski definition) is 7. The van der Waals surface area contributed by atoms with Crippen molar-refractivity contribution in [1.29, 1.82) is 0 Å². The van der Waals surface area contributed by atoms with Gasteiger partial charge in [0, 0.05) is 47.3 Å². The molecule has 152 valence electrons. The van der Waals surface area contributed by atoms with Gasteiger partial charge in [-0.25, -0.2) is 9.97 Å². The third-order valence-electron chi connectivity index (χ3n) is 4.97. The zero-order valence-electron chi connectivity index (χ0n) is 16.2. The summed E-state index contributed by atoms with van der Waals surface area (Å²) in [6, 6.07) is 12.6. The lowest BCUT2D eigenvalue weighted by atomic mass is 10.1. The maximum Gasteiger partial charge on any atom is 0.232 e. The molecule has 1 aliphatic heterocycles. The largest absolute Gasteiger partial charge is 0.302 e. The van der Waals surface area contributed by atoms with Crippen LogP contribution in [0, 0.1) is 0 Å². The fourth-order valence-electron chi connectivity index (χ4n) is 3.51. The van der Waals surface area contributed by atoms with E-state index in [0.717, 1.165) is 48.0 Å². The molecule has 1 aliphatic rings. The van der Waals surface area contributed by atoms with E-state index in [4.69, 9.17) is 0 Å². The second-order valence-corrected chi connectivity index (χ2v) is 9.94. The van der Waals surface area contributed by atoms with E-state index in [2.05, 4.69) is 55.9 Å². The van der Waals surface area contributed by atoms with Crippen molar-refractivity contribution in [3.63, 3.8) is 0 Å². The summed E-state index contributed by atoms with van der Waals surface area (Å²) in [5, 5.41) is 10.7. The zero-order valence-corrected chi connectivity index (χ0v) is 18.7. The Kier molecular flexibility index (Phi) is 5.72. The van der Waals surface area contributed by atoms with Gasteiger partial charge in [0.2, 0.25) is 5.91 Å². The summed E-state index contributed by atoms with van der Waals surface area (Å²) in [4.78, 5) is 25.4. The Morgan fingerprint density at radius 2 is 2.03 bits per heavy atom. The molecule has 0 bridgehead atoms. The van der Waals surface area contributed by atoms with Crippen LogP contribution in [0.1, 0.15) is 21.8 Å². The topological polar surface area (TPSA) is 58.1 Å². The first-order valence-electron chi connectivity index (χ1n) is 9.74. The number of nitrogens with zero attached hydrogens (tertiary/aromatic N) is 3. The van der Waals surface area contributed by atoms with Crippen LogP contribution < -0.4 is 5.32 Å². The number of thiophene rings is 1. The van der Waals surface area contributed by atoms with Crippen LogP contribution in [0.15, 0.2) is 52.5 Å². The molecule has 8 heteroatoms. The number of anilines is 1. The average Bonchev–Trinajstić information content (AvgIpc) is 3.49. The minimum Gasteiger partial charge on any atom is -0.302 e. The van der Waals surface area contributed by atoms with Gasteiger partial charge in [-0.2, -0.15) is 11.3 Å². The third kappa shape index (κ3) is 4.52. The molecule has 1 amide bonds. The Morgan fingerprint density at radius 3 is 2.87 bits per heavy atom. The van der Waals surface area contributed by atoms with Crippen molar-refractivity contribution < 1.29 is 4.79 Å². The molecule has 4 heterocycles. The highest BCUT2D eigenvalue weighted by Crippen LogP contribution is 2.29. The van der Waals surface area contributed by atoms with Gasteiger partial charge >= 0.3 is 0 Å². The number of carbonyl (C=O) groups excluding carboxylic acids is 1. The molecule has 0 aliphatic carbocycles. The Bertz CT molecular complexity index is 1130. The van der Waals surface area contributed by atoms with Crippen LogP contribution in [0.25, 0.3) is 10.6 Å². The van der Waals surface area contributed by atoms with Crippen molar-refractivity contribution in [1.82, 2.24) is 14.9 Å². The van der Waals surface area contributed by atoms with Crippen molar-refractivity contribution in [2.75, 3.05) is 11.9 Å². The van der Waals surface area contributed by atoms with E-state index in [1.807, 2.05) is 16.8 Å². The number of benzene rings is 1. The highest BCUT2D eigenvalue weighted by Gasteiger charge is 2.21. The molecule has 0 unspecified atom stereocenters. The molecule has 0 radical (unpaired) electrons. The van der Waals surface area contributed by atoms with Gasteiger partial charge in [-0.1, -0.05) is 30.3 Å². The highest BCUT2D eigenvalue weighted by atomic mass is 32.1. The zero-order chi connectivity index (χ0) is 20.3. The molecule has 5 nitrogen and oxygen atoms in total. The van der Waals surface area contributed by atoms with Crippen LogP contribution >= 0.6 is 34.0 Å². The van der Waals surface area contributed by atoms with Gasteiger partial charge in [-0.15, -0.1) is 22.7 Å². The summed E-state index contributed by atoms with van der Waals surface area (Å²) in [6.45, 7) is 2.81. The normalized spacial score (nSPS) is 13.9. The number of thiazole rings is 2. The summed E-state index contributed by atoms with van der Waals surface area (Å²) < 4.78 is 0. The van der Waals surface area contributed by atoms with E-state index in [9.17, 15) is 4.79 Å². The van der Waals surface area contributed by atoms with Crippen LogP contribution in [-0.4, -0.2) is 27.3 Å². The van der Waals surface area contributed by atoms with E-state index in [0.29, 0.717) is 5.13 Å². The van der Waals surface area contributed by atoms with Gasteiger partial charge in [-0.3, -0.25) is 9.69 Å². The number of amides is 1. The Labute approximate surface area is 187 Å². The van der Waals surface area contributed by atoms with Crippen LogP contribution in [0.2, 0.25) is 0 Å². The SMILES string of the molecule is O=C(Cc1csc(-c2ccsc2)n1)Nc1nc2c(s1)CN(Cc1ccccc1)CC2. The van der Waals surface area contributed by atoms with Gasteiger partial charge in [0.1, 0.15) is 5.01 Å². The predicted molar refractivity (Wildman–Crippen MR) is 124 cm³/mol. The lowest BCUT2D eigenvalue weighted by Crippen LogP contribution is -2.29. The van der Waals surface area contributed by atoms with Crippen molar-refractivity contribution in [3.8, 4) is 10.6 Å². The van der Waals surface area contributed by atoms with Crippen molar-refractivity contribution >= 4 is 45.0 Å². The van der Waals surface area contributed by atoms with Gasteiger partial charge < -0.3 is 5.32 Å². The first kappa shape index (κ1) is 19.6. The number of rotatable bonds is 6. The molecule has 1 N–H and O–H groups in total. The molecule has 0 fully saturated rings. The minimum absolute atomic E-state index is 0.0654. The molecule has 4 aromatic rings. The maximum absolute atomic E-state index is 12.5. The molecular weight excluding hydrogens is 432 g/mol. The monoisotopic (exact) mass is 452 g/mol. The maximum atomic E-state index is 12.5. The fourth-order valence-corrected chi connectivity index (χ4v) is 6.11. The van der Waals surface area contributed by atoms with Crippen molar-refractivity contribution in [2.24, 2.45) is 0 Å². The van der Waals surface area contributed by atoms with E-state index < -0.39 is 0 Å². The van der Waals surface area contributed by atoms with Crippen molar-refractivity contribution in [2.45, 2.75) is 25.9 Å². The van der Waals surface area contributed by atoms with Crippen LogP contribution in [0.3, 0.4) is 0 Å². The molecule has 30 heavy (non-hydrogen) atoms. The molecule has 0 saturated heterocycles. The Morgan fingerprint density at radius 1 is 1.13 bits per heavy atom. The predicted octanol–water partition coefficient (Wildman–Crippen LogP) is 5.07. The molecule has 5 rings (SSSR count). The second-order valence-electron chi connectivity index (χ2n) is 7.22. The molecular formula is C22H20N4OS3. The third-order valence-corrected chi connectivity index (χ3v) is 7.59. The van der Waals surface area contributed by atoms with E-state index in [1.54, 1.807) is 34.0 Å². The van der Waals surface area contributed by atoms with E-state index >= 15 is 0 Å². The average molecular weight is 453 g/mol. The Hall–Kier alpha value is -2.39. The lowest BCUT2D eigenvalue weighted by Gasteiger charge is -2.25. The number of nitrogens with one attached hydrogen (secondary N) is 1. The Balaban J connectivity index is 1.19. The summed E-state index contributed by atoms with van der Waals surface area (Å²) in [5.41, 5.74) is 4.36. The van der Waals surface area contributed by atoms with E-state index in [-0.39, 0.29) is 12.3 Å². The van der Waals surface area contributed by atoms with Gasteiger partial charge in [0.15, 0.2) is 5.13 Å². The first-order chi connectivity index (χ1) is 14.7. The van der Waals surface area contributed by atoms with Gasteiger partial charge in [0.05, 0.1) is 17.8 Å². The highest BCUT2D eigenvalue weighted by molar-refractivity contribution is 7.16. The lowest BCUT2D eigenvalue weighted by molar-refractivity contribution is -0.115. The minimum atomic E-state index is -0.0654. The molecule has 3 aromatic heterocycles. The van der Waals surface area contributed by atoms with E-state index in [1.165, 1.54) is 10.4 Å². The second kappa shape index (κ2) is 8.77. The standard InChI is InChI=1S/C22H20N4OS3/c27-20(10-17-14-29-21(23-17)16-7-9-28-13-16)25-22-24-18-6-8-26(12-19(18)30-22)11-15-4-2-1-3-5-15/h1-5,7,9,13-14H,6,8,10-12H2,(H,24,25,27). The molecule has 0 saturated carbocycles. The summed E-state index contributed by atoms with van der Waals surface area (Å²) in [7, 11) is 0. The number of fused-ring (bicyclic) bond motifs is 1. The summed E-state index contributed by atoms with van der Waals surface area (Å²) in [6.07, 6.45) is 1.19. The number of aromatic nitrogens is 2. The van der Waals surface area contributed by atoms with Crippen molar-refractivity contribution in [3.05, 3.63) is 74.4 Å². The fraction of sp³-hybridized carbons (Fsp3) is 0.227. The van der Waals surface area contributed by atoms with Gasteiger partial charge in [-0.05, 0) is 17.0 Å². The summed E-state index contributed by atoms with van der Waals surface area (Å²) >= 11 is 4.82.